The van der Waals surface area contributed by atoms with Crippen molar-refractivity contribution in [3.63, 3.8) is 0 Å². The minimum absolute atomic E-state index is 0.145. The Hall–Kier alpha value is -1.55. The Morgan fingerprint density at radius 1 is 1.39 bits per heavy atom. The molecule has 3 rings (SSSR count). The fourth-order valence-electron chi connectivity index (χ4n) is 2.57. The van der Waals surface area contributed by atoms with Gasteiger partial charge in [-0.15, -0.1) is 0 Å². The van der Waals surface area contributed by atoms with Crippen LogP contribution in [0.4, 0.5) is 0 Å². The highest BCUT2D eigenvalue weighted by atomic mass is 16.5. The number of rotatable bonds is 4. The molecule has 1 saturated carbocycles. The van der Waals surface area contributed by atoms with Crippen molar-refractivity contribution in [3.05, 3.63) is 29.8 Å². The Kier molecular flexibility index (Phi) is 2.96. The van der Waals surface area contributed by atoms with E-state index in [-0.39, 0.29) is 11.8 Å². The van der Waals surface area contributed by atoms with Crippen molar-refractivity contribution in [2.75, 3.05) is 19.7 Å². The van der Waals surface area contributed by atoms with Crippen LogP contribution < -0.4 is 10.5 Å². The van der Waals surface area contributed by atoms with Gasteiger partial charge in [-0.3, -0.25) is 4.79 Å². The van der Waals surface area contributed by atoms with Crippen molar-refractivity contribution in [1.29, 1.82) is 0 Å². The molecule has 1 aliphatic heterocycles. The molecular formula is C14H18N2O2. The number of ether oxygens (including phenoxy) is 1. The molecule has 2 aliphatic rings. The van der Waals surface area contributed by atoms with Gasteiger partial charge in [0.1, 0.15) is 18.3 Å². The van der Waals surface area contributed by atoms with Crippen LogP contribution >= 0.6 is 0 Å². The highest BCUT2D eigenvalue weighted by Crippen LogP contribution is 2.37. The smallest absolute Gasteiger partial charge is 0.234 e. The monoisotopic (exact) mass is 246 g/mol. The molecule has 96 valence electrons. The second-order valence-corrected chi connectivity index (χ2v) is 4.95. The van der Waals surface area contributed by atoms with E-state index >= 15 is 0 Å². The normalized spacial score (nSPS) is 21.3. The lowest BCUT2D eigenvalue weighted by Crippen LogP contribution is -2.40. The van der Waals surface area contributed by atoms with Gasteiger partial charge in [0.25, 0.3) is 0 Å². The molecule has 0 aromatic heterocycles. The SMILES string of the molecule is NCCN(C(=O)C1COc2ccccc21)C1CC1. The van der Waals surface area contributed by atoms with E-state index in [4.69, 9.17) is 10.5 Å². The average molecular weight is 246 g/mol. The zero-order valence-corrected chi connectivity index (χ0v) is 10.3. The van der Waals surface area contributed by atoms with E-state index in [9.17, 15) is 4.79 Å². The molecule has 0 radical (unpaired) electrons. The molecular weight excluding hydrogens is 228 g/mol. The quantitative estimate of drug-likeness (QED) is 0.866. The van der Waals surface area contributed by atoms with Crippen molar-refractivity contribution in [1.82, 2.24) is 4.90 Å². The number of carbonyl (C=O) groups excluding carboxylic acids is 1. The Bertz CT molecular complexity index is 457. The number of fused-ring (bicyclic) bond motifs is 1. The third kappa shape index (κ3) is 1.97. The molecule has 1 amide bonds. The maximum Gasteiger partial charge on any atom is 0.234 e. The van der Waals surface area contributed by atoms with Crippen LogP contribution in [0.15, 0.2) is 24.3 Å². The van der Waals surface area contributed by atoms with Gasteiger partial charge in [-0.25, -0.2) is 0 Å². The van der Waals surface area contributed by atoms with Crippen molar-refractivity contribution in [3.8, 4) is 5.75 Å². The molecule has 4 heteroatoms. The summed E-state index contributed by atoms with van der Waals surface area (Å²) in [6, 6.07) is 8.21. The van der Waals surface area contributed by atoms with Gasteiger partial charge in [-0.2, -0.15) is 0 Å². The van der Waals surface area contributed by atoms with Gasteiger partial charge in [0.05, 0.1) is 0 Å². The van der Waals surface area contributed by atoms with Crippen molar-refractivity contribution in [2.45, 2.75) is 24.8 Å². The van der Waals surface area contributed by atoms with Gasteiger partial charge >= 0.3 is 0 Å². The zero-order valence-electron chi connectivity index (χ0n) is 10.3. The molecule has 1 heterocycles. The molecule has 4 nitrogen and oxygen atoms in total. The second kappa shape index (κ2) is 4.61. The average Bonchev–Trinajstić information content (AvgIpc) is 3.14. The van der Waals surface area contributed by atoms with Crippen LogP contribution in [0.5, 0.6) is 5.75 Å². The first-order valence-electron chi connectivity index (χ1n) is 6.53. The Morgan fingerprint density at radius 3 is 2.89 bits per heavy atom. The molecule has 0 saturated heterocycles. The van der Waals surface area contributed by atoms with Crippen LogP contribution in [0.3, 0.4) is 0 Å². The predicted octanol–water partition coefficient (Wildman–Crippen LogP) is 1.11. The number of amides is 1. The number of hydrogen-bond acceptors (Lipinski definition) is 3. The molecule has 1 aromatic carbocycles. The van der Waals surface area contributed by atoms with Gasteiger partial charge < -0.3 is 15.4 Å². The van der Waals surface area contributed by atoms with Crippen LogP contribution in [0.2, 0.25) is 0 Å². The predicted molar refractivity (Wildman–Crippen MR) is 68.5 cm³/mol. The minimum atomic E-state index is -0.145. The lowest BCUT2D eigenvalue weighted by Gasteiger charge is -2.24. The highest BCUT2D eigenvalue weighted by molar-refractivity contribution is 5.86. The molecule has 1 fully saturated rings. The van der Waals surface area contributed by atoms with E-state index in [2.05, 4.69) is 0 Å². The van der Waals surface area contributed by atoms with Gasteiger partial charge in [-0.05, 0) is 18.9 Å². The summed E-state index contributed by atoms with van der Waals surface area (Å²) in [5.74, 6) is 0.876. The third-order valence-electron chi connectivity index (χ3n) is 3.64. The second-order valence-electron chi connectivity index (χ2n) is 4.95. The van der Waals surface area contributed by atoms with Crippen LogP contribution in [0, 0.1) is 0 Å². The maximum atomic E-state index is 12.6. The first-order chi connectivity index (χ1) is 8.81. The number of nitrogens with zero attached hydrogens (tertiary/aromatic N) is 1. The number of nitrogens with two attached hydrogens (primary N) is 1. The van der Waals surface area contributed by atoms with E-state index < -0.39 is 0 Å². The summed E-state index contributed by atoms with van der Waals surface area (Å²) in [5, 5.41) is 0. The fourth-order valence-corrected chi connectivity index (χ4v) is 2.57. The number of para-hydroxylation sites is 1. The Labute approximate surface area is 107 Å². The number of benzene rings is 1. The van der Waals surface area contributed by atoms with Gasteiger partial charge in [0.2, 0.25) is 5.91 Å². The van der Waals surface area contributed by atoms with Crippen LogP contribution in [-0.2, 0) is 4.79 Å². The highest BCUT2D eigenvalue weighted by Gasteiger charge is 2.38. The summed E-state index contributed by atoms with van der Waals surface area (Å²) in [4.78, 5) is 14.5. The lowest BCUT2D eigenvalue weighted by molar-refractivity contribution is -0.133. The van der Waals surface area contributed by atoms with Crippen molar-refractivity contribution >= 4 is 5.91 Å². The summed E-state index contributed by atoms with van der Waals surface area (Å²) in [6.45, 7) is 1.64. The van der Waals surface area contributed by atoms with E-state index in [0.717, 1.165) is 24.2 Å². The minimum Gasteiger partial charge on any atom is -0.492 e. The fraction of sp³-hybridized carbons (Fsp3) is 0.500. The van der Waals surface area contributed by atoms with E-state index in [1.54, 1.807) is 0 Å². The van der Waals surface area contributed by atoms with Crippen LogP contribution in [0.25, 0.3) is 0 Å². The van der Waals surface area contributed by atoms with Crippen molar-refractivity contribution < 1.29 is 9.53 Å². The maximum absolute atomic E-state index is 12.6. The van der Waals surface area contributed by atoms with E-state index in [1.807, 2.05) is 29.2 Å². The number of hydrogen-bond donors (Lipinski definition) is 1. The summed E-state index contributed by atoms with van der Waals surface area (Å²) in [7, 11) is 0. The molecule has 1 atom stereocenters. The Balaban J connectivity index is 1.80. The number of carbonyl (C=O) groups is 1. The lowest BCUT2D eigenvalue weighted by atomic mass is 10.00. The molecule has 0 spiro atoms. The van der Waals surface area contributed by atoms with Gasteiger partial charge in [0.15, 0.2) is 0 Å². The first kappa shape index (κ1) is 11.5. The molecule has 18 heavy (non-hydrogen) atoms. The van der Waals surface area contributed by atoms with Crippen molar-refractivity contribution in [2.24, 2.45) is 5.73 Å². The molecule has 1 aliphatic carbocycles. The standard InChI is InChI=1S/C14H18N2O2/c15-7-8-16(10-5-6-10)14(17)12-9-18-13-4-2-1-3-11(12)13/h1-4,10,12H,5-9,15H2. The zero-order chi connectivity index (χ0) is 12.5. The summed E-state index contributed by atoms with van der Waals surface area (Å²) < 4.78 is 5.58. The summed E-state index contributed by atoms with van der Waals surface area (Å²) >= 11 is 0. The largest absolute Gasteiger partial charge is 0.492 e. The molecule has 1 aromatic rings. The molecule has 1 unspecified atom stereocenters. The Morgan fingerprint density at radius 2 is 2.17 bits per heavy atom. The molecule has 2 N–H and O–H groups in total. The van der Waals surface area contributed by atoms with E-state index in [0.29, 0.717) is 25.7 Å². The summed E-state index contributed by atoms with van der Waals surface area (Å²) in [6.07, 6.45) is 2.22. The van der Waals surface area contributed by atoms with Crippen LogP contribution in [0.1, 0.15) is 24.3 Å². The van der Waals surface area contributed by atoms with Gasteiger partial charge in [0, 0.05) is 24.7 Å². The topological polar surface area (TPSA) is 55.6 Å². The first-order valence-corrected chi connectivity index (χ1v) is 6.53. The molecule has 0 bridgehead atoms. The summed E-state index contributed by atoms with van der Waals surface area (Å²) in [5.41, 5.74) is 6.62. The van der Waals surface area contributed by atoms with E-state index in [1.165, 1.54) is 0 Å². The third-order valence-corrected chi connectivity index (χ3v) is 3.64. The van der Waals surface area contributed by atoms with Gasteiger partial charge in [-0.1, -0.05) is 18.2 Å². The van der Waals surface area contributed by atoms with Crippen LogP contribution in [-0.4, -0.2) is 36.5 Å².